The van der Waals surface area contributed by atoms with Crippen molar-refractivity contribution in [2.45, 2.75) is 25.4 Å². The van der Waals surface area contributed by atoms with E-state index in [1.165, 1.54) is 0 Å². The van der Waals surface area contributed by atoms with Crippen LogP contribution >= 0.6 is 0 Å². The van der Waals surface area contributed by atoms with Crippen LogP contribution in [0.3, 0.4) is 0 Å². The summed E-state index contributed by atoms with van der Waals surface area (Å²) in [6.45, 7) is 0.472. The van der Waals surface area contributed by atoms with Crippen molar-refractivity contribution in [1.29, 1.82) is 0 Å². The van der Waals surface area contributed by atoms with Gasteiger partial charge in [0.2, 0.25) is 5.91 Å². The molecule has 4 N–H and O–H groups in total. The molecule has 0 heterocycles. The minimum atomic E-state index is -0.246. The van der Waals surface area contributed by atoms with Crippen molar-refractivity contribution in [1.82, 2.24) is 10.6 Å². The quantitative estimate of drug-likeness (QED) is 0.692. The number of hydrogen-bond acceptors (Lipinski definition) is 3. The van der Waals surface area contributed by atoms with Crippen LogP contribution in [0.25, 0.3) is 0 Å². The fourth-order valence-electron chi connectivity index (χ4n) is 1.56. The van der Waals surface area contributed by atoms with E-state index in [0.717, 1.165) is 18.4 Å². The van der Waals surface area contributed by atoms with Crippen molar-refractivity contribution in [2.24, 2.45) is 5.73 Å². The lowest BCUT2D eigenvalue weighted by Gasteiger charge is -2.06. The van der Waals surface area contributed by atoms with Crippen molar-refractivity contribution < 1.29 is 9.59 Å². The van der Waals surface area contributed by atoms with Crippen LogP contribution in [0, 0.1) is 0 Å². The maximum Gasteiger partial charge on any atom is 0.251 e. The maximum absolute atomic E-state index is 11.7. The minimum absolute atomic E-state index is 0.0218. The Balaban J connectivity index is 1.80. The topological polar surface area (TPSA) is 84.2 Å². The highest BCUT2D eigenvalue weighted by Crippen LogP contribution is 2.18. The van der Waals surface area contributed by atoms with Crippen LogP contribution in [-0.2, 0) is 11.3 Å². The number of nitrogens with one attached hydrogen (secondary N) is 2. The average Bonchev–Trinajstić information content (AvgIpc) is 3.20. The predicted molar refractivity (Wildman–Crippen MR) is 67.8 cm³/mol. The fourth-order valence-corrected chi connectivity index (χ4v) is 1.56. The third-order valence-corrected chi connectivity index (χ3v) is 2.80. The van der Waals surface area contributed by atoms with Gasteiger partial charge in [0.25, 0.3) is 5.91 Å². The molecule has 0 atom stereocenters. The van der Waals surface area contributed by atoms with E-state index < -0.39 is 0 Å². The molecular formula is C13H17N3O2. The molecule has 5 heteroatoms. The molecule has 96 valence electrons. The van der Waals surface area contributed by atoms with Crippen LogP contribution in [0.1, 0.15) is 28.8 Å². The standard InChI is InChI=1S/C13H17N3O2/c14-7-9-1-3-10(4-2-9)13(18)15-8-12(17)16-11-5-6-11/h1-4,11H,5-8,14H2,(H,15,18)(H,16,17). The molecule has 0 spiro atoms. The molecule has 0 aromatic heterocycles. The van der Waals surface area contributed by atoms with E-state index in [0.29, 0.717) is 18.2 Å². The van der Waals surface area contributed by atoms with E-state index in [-0.39, 0.29) is 18.4 Å². The fraction of sp³-hybridized carbons (Fsp3) is 0.385. The number of benzene rings is 1. The van der Waals surface area contributed by atoms with Crippen LogP contribution in [0.4, 0.5) is 0 Å². The molecule has 18 heavy (non-hydrogen) atoms. The average molecular weight is 247 g/mol. The highest BCUT2D eigenvalue weighted by Gasteiger charge is 2.23. The Morgan fingerprint density at radius 1 is 1.22 bits per heavy atom. The first kappa shape index (κ1) is 12.6. The lowest BCUT2D eigenvalue weighted by atomic mass is 10.1. The number of carbonyl (C=O) groups excluding carboxylic acids is 2. The molecule has 1 fully saturated rings. The van der Waals surface area contributed by atoms with E-state index in [2.05, 4.69) is 10.6 Å². The first-order valence-corrected chi connectivity index (χ1v) is 6.05. The second kappa shape index (κ2) is 5.64. The summed E-state index contributed by atoms with van der Waals surface area (Å²) in [7, 11) is 0. The lowest BCUT2D eigenvalue weighted by molar-refractivity contribution is -0.120. The zero-order chi connectivity index (χ0) is 13.0. The second-order valence-corrected chi connectivity index (χ2v) is 4.43. The number of rotatable bonds is 5. The van der Waals surface area contributed by atoms with Gasteiger partial charge in [-0.2, -0.15) is 0 Å². The van der Waals surface area contributed by atoms with Gasteiger partial charge in [-0.1, -0.05) is 12.1 Å². The molecule has 0 unspecified atom stereocenters. The summed E-state index contributed by atoms with van der Waals surface area (Å²) in [5.74, 6) is -0.381. The van der Waals surface area contributed by atoms with Crippen LogP contribution in [-0.4, -0.2) is 24.4 Å². The summed E-state index contributed by atoms with van der Waals surface area (Å²) < 4.78 is 0. The van der Waals surface area contributed by atoms with E-state index >= 15 is 0 Å². The molecule has 0 saturated heterocycles. The molecule has 2 amide bonds. The minimum Gasteiger partial charge on any atom is -0.352 e. The Hall–Kier alpha value is -1.88. The van der Waals surface area contributed by atoms with Crippen molar-refractivity contribution in [3.8, 4) is 0 Å². The molecule has 2 rings (SSSR count). The van der Waals surface area contributed by atoms with Crippen molar-refractivity contribution >= 4 is 11.8 Å². The summed E-state index contributed by atoms with van der Waals surface area (Å²) in [6, 6.07) is 7.34. The molecule has 0 radical (unpaired) electrons. The van der Waals surface area contributed by atoms with E-state index in [4.69, 9.17) is 5.73 Å². The van der Waals surface area contributed by atoms with Gasteiger partial charge < -0.3 is 16.4 Å². The Bertz CT molecular complexity index is 438. The molecule has 0 bridgehead atoms. The normalized spacial score (nSPS) is 14.1. The van der Waals surface area contributed by atoms with Crippen molar-refractivity contribution in [3.05, 3.63) is 35.4 Å². The van der Waals surface area contributed by atoms with Gasteiger partial charge in [0.05, 0.1) is 6.54 Å². The number of carbonyl (C=O) groups is 2. The Labute approximate surface area is 106 Å². The van der Waals surface area contributed by atoms with Gasteiger partial charge in [-0.05, 0) is 30.5 Å². The van der Waals surface area contributed by atoms with Gasteiger partial charge in [0.1, 0.15) is 0 Å². The SMILES string of the molecule is NCc1ccc(C(=O)NCC(=O)NC2CC2)cc1. The van der Waals surface area contributed by atoms with Crippen LogP contribution in [0.2, 0.25) is 0 Å². The van der Waals surface area contributed by atoms with Gasteiger partial charge in [-0.3, -0.25) is 9.59 Å². The molecule has 1 aliphatic rings. The summed E-state index contributed by atoms with van der Waals surface area (Å²) in [5, 5.41) is 5.40. The molecule has 1 aromatic rings. The Morgan fingerprint density at radius 3 is 2.44 bits per heavy atom. The van der Waals surface area contributed by atoms with Gasteiger partial charge in [0, 0.05) is 18.2 Å². The largest absolute Gasteiger partial charge is 0.352 e. The smallest absolute Gasteiger partial charge is 0.251 e. The number of nitrogens with two attached hydrogens (primary N) is 1. The van der Waals surface area contributed by atoms with Gasteiger partial charge in [0.15, 0.2) is 0 Å². The third kappa shape index (κ3) is 3.56. The third-order valence-electron chi connectivity index (χ3n) is 2.80. The van der Waals surface area contributed by atoms with Crippen molar-refractivity contribution in [2.75, 3.05) is 6.54 Å². The Kier molecular flexibility index (Phi) is 3.94. The zero-order valence-electron chi connectivity index (χ0n) is 10.1. The van der Waals surface area contributed by atoms with Gasteiger partial charge >= 0.3 is 0 Å². The maximum atomic E-state index is 11.7. The number of amides is 2. The van der Waals surface area contributed by atoms with E-state index in [1.54, 1.807) is 24.3 Å². The number of hydrogen-bond donors (Lipinski definition) is 3. The lowest BCUT2D eigenvalue weighted by Crippen LogP contribution is -2.37. The molecule has 5 nitrogen and oxygen atoms in total. The molecule has 1 aromatic carbocycles. The first-order valence-electron chi connectivity index (χ1n) is 6.05. The molecule has 1 aliphatic carbocycles. The summed E-state index contributed by atoms with van der Waals surface area (Å²) in [5.41, 5.74) is 6.98. The molecule has 0 aliphatic heterocycles. The van der Waals surface area contributed by atoms with Crippen LogP contribution in [0.15, 0.2) is 24.3 Å². The van der Waals surface area contributed by atoms with Crippen LogP contribution < -0.4 is 16.4 Å². The molecular weight excluding hydrogens is 230 g/mol. The monoisotopic (exact) mass is 247 g/mol. The zero-order valence-corrected chi connectivity index (χ0v) is 10.1. The molecule has 1 saturated carbocycles. The predicted octanol–water partition coefficient (Wildman–Crippen LogP) is 0.154. The Morgan fingerprint density at radius 2 is 1.89 bits per heavy atom. The summed E-state index contributed by atoms with van der Waals surface area (Å²) in [4.78, 5) is 23.1. The second-order valence-electron chi connectivity index (χ2n) is 4.43. The first-order chi connectivity index (χ1) is 8.69. The van der Waals surface area contributed by atoms with Gasteiger partial charge in [-0.25, -0.2) is 0 Å². The highest BCUT2D eigenvalue weighted by molar-refractivity contribution is 5.96. The van der Waals surface area contributed by atoms with Crippen molar-refractivity contribution in [3.63, 3.8) is 0 Å². The van der Waals surface area contributed by atoms with E-state index in [1.807, 2.05) is 0 Å². The summed E-state index contributed by atoms with van der Waals surface area (Å²) >= 11 is 0. The highest BCUT2D eigenvalue weighted by atomic mass is 16.2. The van der Waals surface area contributed by atoms with E-state index in [9.17, 15) is 9.59 Å². The van der Waals surface area contributed by atoms with Gasteiger partial charge in [-0.15, -0.1) is 0 Å². The summed E-state index contributed by atoms with van der Waals surface area (Å²) in [6.07, 6.45) is 2.08. The van der Waals surface area contributed by atoms with Crippen LogP contribution in [0.5, 0.6) is 0 Å².